The van der Waals surface area contributed by atoms with Crippen molar-refractivity contribution >= 4 is 0 Å². The van der Waals surface area contributed by atoms with E-state index in [1.807, 2.05) is 11.7 Å². The molecule has 1 atom stereocenters. The van der Waals surface area contributed by atoms with E-state index < -0.39 is 0 Å². The summed E-state index contributed by atoms with van der Waals surface area (Å²) in [6, 6.07) is 0.180. The second-order valence-corrected chi connectivity index (χ2v) is 4.75. The highest BCUT2D eigenvalue weighted by molar-refractivity contribution is 5.28. The summed E-state index contributed by atoms with van der Waals surface area (Å²) in [4.78, 5) is 2.14. The van der Waals surface area contributed by atoms with Crippen molar-refractivity contribution in [2.24, 2.45) is 0 Å². The quantitative estimate of drug-likeness (QED) is 0.717. The third-order valence-electron chi connectivity index (χ3n) is 3.11. The van der Waals surface area contributed by atoms with Crippen molar-refractivity contribution in [3.63, 3.8) is 0 Å². The number of methoxy groups -OCH3 is 2. The van der Waals surface area contributed by atoms with E-state index in [1.165, 1.54) is 0 Å². The Morgan fingerprint density at radius 2 is 2.16 bits per heavy atom. The van der Waals surface area contributed by atoms with Crippen LogP contribution in [0.15, 0.2) is 6.20 Å². The number of aromatic nitrogens is 2. The summed E-state index contributed by atoms with van der Waals surface area (Å²) in [6.07, 6.45) is 2.67. The van der Waals surface area contributed by atoms with Crippen molar-refractivity contribution in [1.29, 1.82) is 0 Å². The van der Waals surface area contributed by atoms with Gasteiger partial charge >= 0.3 is 0 Å². The molecular formula is C13H26N4O2. The van der Waals surface area contributed by atoms with Gasteiger partial charge in [0.05, 0.1) is 31.6 Å². The highest BCUT2D eigenvalue weighted by Crippen LogP contribution is 2.26. The fraction of sp³-hybridized carbons (Fsp3) is 0.769. The van der Waals surface area contributed by atoms with E-state index in [1.54, 1.807) is 20.4 Å². The van der Waals surface area contributed by atoms with Gasteiger partial charge in [-0.3, -0.25) is 4.68 Å². The van der Waals surface area contributed by atoms with Crippen LogP contribution in [-0.4, -0.2) is 63.2 Å². The van der Waals surface area contributed by atoms with Gasteiger partial charge in [0.15, 0.2) is 5.75 Å². The molecule has 1 aromatic heterocycles. The maximum atomic E-state index is 5.42. The molecule has 6 nitrogen and oxygen atoms in total. The Labute approximate surface area is 115 Å². The molecule has 0 aliphatic carbocycles. The van der Waals surface area contributed by atoms with Crippen molar-refractivity contribution in [3.05, 3.63) is 11.9 Å². The number of hydrogen-bond acceptors (Lipinski definition) is 5. The molecule has 1 aromatic rings. The Morgan fingerprint density at radius 3 is 2.68 bits per heavy atom. The molecule has 0 saturated heterocycles. The van der Waals surface area contributed by atoms with Crippen LogP contribution in [0.4, 0.5) is 0 Å². The van der Waals surface area contributed by atoms with Crippen LogP contribution in [0.1, 0.15) is 18.2 Å². The third-order valence-corrected chi connectivity index (χ3v) is 3.11. The van der Waals surface area contributed by atoms with Crippen LogP contribution in [0.25, 0.3) is 0 Å². The molecule has 1 unspecified atom stereocenters. The van der Waals surface area contributed by atoms with Crippen molar-refractivity contribution in [2.75, 3.05) is 48.5 Å². The highest BCUT2D eigenvalue weighted by atomic mass is 16.5. The predicted octanol–water partition coefficient (Wildman–Crippen LogP) is 0.750. The van der Waals surface area contributed by atoms with E-state index in [0.29, 0.717) is 6.61 Å². The fourth-order valence-corrected chi connectivity index (χ4v) is 2.01. The molecule has 0 bridgehead atoms. The van der Waals surface area contributed by atoms with Gasteiger partial charge in [-0.25, -0.2) is 0 Å². The van der Waals surface area contributed by atoms with E-state index in [0.717, 1.165) is 31.0 Å². The van der Waals surface area contributed by atoms with Gasteiger partial charge in [-0.1, -0.05) is 0 Å². The van der Waals surface area contributed by atoms with Gasteiger partial charge in [0.25, 0.3) is 0 Å². The van der Waals surface area contributed by atoms with Crippen LogP contribution in [0.5, 0.6) is 5.75 Å². The molecule has 19 heavy (non-hydrogen) atoms. The Hall–Kier alpha value is -1.11. The lowest BCUT2D eigenvalue weighted by atomic mass is 10.1. The standard InChI is InChI=1S/C13H26N4O2/c1-14-11(6-9-18-4)13-12(19-5)10-15-17(13)8-7-16(2)3/h10-11,14H,6-9H2,1-5H3. The van der Waals surface area contributed by atoms with Crippen molar-refractivity contribution in [2.45, 2.75) is 19.0 Å². The first-order chi connectivity index (χ1) is 9.13. The topological polar surface area (TPSA) is 51.5 Å². The van der Waals surface area contributed by atoms with E-state index in [2.05, 4.69) is 29.4 Å². The van der Waals surface area contributed by atoms with Gasteiger partial charge in [0.1, 0.15) is 0 Å². The SMILES string of the molecule is CNC(CCOC)c1c(OC)cnn1CCN(C)C. The molecule has 0 fully saturated rings. The average molecular weight is 270 g/mol. The zero-order valence-electron chi connectivity index (χ0n) is 12.6. The molecule has 1 rings (SSSR count). The van der Waals surface area contributed by atoms with Gasteiger partial charge in [-0.2, -0.15) is 5.10 Å². The van der Waals surface area contributed by atoms with Crippen molar-refractivity contribution < 1.29 is 9.47 Å². The number of likely N-dealkylation sites (N-methyl/N-ethyl adjacent to an activating group) is 1. The van der Waals surface area contributed by atoms with E-state index in [4.69, 9.17) is 9.47 Å². The second kappa shape index (κ2) is 8.14. The lowest BCUT2D eigenvalue weighted by Gasteiger charge is -2.20. The summed E-state index contributed by atoms with van der Waals surface area (Å²) in [5, 5.41) is 7.73. The largest absolute Gasteiger partial charge is 0.493 e. The first kappa shape index (κ1) is 15.9. The molecule has 0 aliphatic rings. The van der Waals surface area contributed by atoms with Gasteiger partial charge in [-0.05, 0) is 27.6 Å². The molecular weight excluding hydrogens is 244 g/mol. The maximum Gasteiger partial charge on any atom is 0.161 e. The Balaban J connectivity index is 2.89. The van der Waals surface area contributed by atoms with Gasteiger partial charge in [-0.15, -0.1) is 0 Å². The molecule has 0 aliphatic heterocycles. The molecule has 110 valence electrons. The summed E-state index contributed by atoms with van der Waals surface area (Å²) in [6.45, 7) is 2.49. The van der Waals surface area contributed by atoms with Crippen molar-refractivity contribution in [3.8, 4) is 5.75 Å². The summed E-state index contributed by atoms with van der Waals surface area (Å²) in [5.41, 5.74) is 1.09. The lowest BCUT2D eigenvalue weighted by molar-refractivity contribution is 0.182. The minimum Gasteiger partial charge on any atom is -0.493 e. The number of ether oxygens (including phenoxy) is 2. The average Bonchev–Trinajstić information content (AvgIpc) is 2.80. The molecule has 0 amide bonds. The molecule has 1 heterocycles. The number of hydrogen-bond donors (Lipinski definition) is 1. The van der Waals surface area contributed by atoms with Crippen molar-refractivity contribution in [1.82, 2.24) is 20.0 Å². The van der Waals surface area contributed by atoms with Crippen LogP contribution in [0.3, 0.4) is 0 Å². The minimum absolute atomic E-state index is 0.180. The lowest BCUT2D eigenvalue weighted by Crippen LogP contribution is -2.25. The zero-order valence-corrected chi connectivity index (χ0v) is 12.6. The summed E-state index contributed by atoms with van der Waals surface area (Å²) in [5.74, 6) is 0.828. The second-order valence-electron chi connectivity index (χ2n) is 4.75. The number of nitrogens with one attached hydrogen (secondary N) is 1. The van der Waals surface area contributed by atoms with Gasteiger partial charge < -0.3 is 19.7 Å². The Bertz CT molecular complexity index is 366. The number of rotatable bonds is 9. The van der Waals surface area contributed by atoms with Gasteiger partial charge in [0.2, 0.25) is 0 Å². The smallest absolute Gasteiger partial charge is 0.161 e. The fourth-order valence-electron chi connectivity index (χ4n) is 2.01. The van der Waals surface area contributed by atoms with E-state index in [9.17, 15) is 0 Å². The minimum atomic E-state index is 0.180. The van der Waals surface area contributed by atoms with E-state index in [-0.39, 0.29) is 6.04 Å². The van der Waals surface area contributed by atoms with Crippen LogP contribution in [0, 0.1) is 0 Å². The Kier molecular flexibility index (Phi) is 6.83. The van der Waals surface area contributed by atoms with Crippen LogP contribution >= 0.6 is 0 Å². The first-order valence-corrected chi connectivity index (χ1v) is 6.54. The predicted molar refractivity (Wildman–Crippen MR) is 75.6 cm³/mol. The normalized spacial score (nSPS) is 12.9. The van der Waals surface area contributed by atoms with Crippen LogP contribution in [-0.2, 0) is 11.3 Å². The summed E-state index contributed by atoms with van der Waals surface area (Å²) >= 11 is 0. The third kappa shape index (κ3) is 4.49. The Morgan fingerprint density at radius 1 is 1.42 bits per heavy atom. The maximum absolute atomic E-state index is 5.42. The first-order valence-electron chi connectivity index (χ1n) is 6.54. The molecule has 6 heteroatoms. The summed E-state index contributed by atoms with van der Waals surface area (Å²) in [7, 11) is 9.46. The molecule has 0 radical (unpaired) electrons. The molecule has 0 spiro atoms. The zero-order chi connectivity index (χ0) is 14.3. The highest BCUT2D eigenvalue weighted by Gasteiger charge is 2.20. The molecule has 1 N–H and O–H groups in total. The van der Waals surface area contributed by atoms with Crippen LogP contribution in [0.2, 0.25) is 0 Å². The monoisotopic (exact) mass is 270 g/mol. The number of nitrogens with zero attached hydrogens (tertiary/aromatic N) is 3. The van der Waals surface area contributed by atoms with Crippen LogP contribution < -0.4 is 10.1 Å². The molecule has 0 aromatic carbocycles. The summed E-state index contributed by atoms with van der Waals surface area (Å²) < 4.78 is 12.6. The van der Waals surface area contributed by atoms with Gasteiger partial charge in [0, 0.05) is 20.3 Å². The molecule has 0 saturated carbocycles. The van der Waals surface area contributed by atoms with E-state index >= 15 is 0 Å².